The van der Waals surface area contributed by atoms with Gasteiger partial charge in [0.1, 0.15) is 0 Å². The molecule has 1 amide bonds. The molecular weight excluding hydrogens is 340 g/mol. The molecular formula is C21H30N4O2. The van der Waals surface area contributed by atoms with Gasteiger partial charge in [-0.15, -0.1) is 0 Å². The molecule has 0 spiro atoms. The van der Waals surface area contributed by atoms with Gasteiger partial charge in [0.2, 0.25) is 5.91 Å². The van der Waals surface area contributed by atoms with Crippen LogP contribution in [-0.2, 0) is 11.3 Å². The summed E-state index contributed by atoms with van der Waals surface area (Å²) in [6.45, 7) is 8.69. The Morgan fingerprint density at radius 2 is 2.04 bits per heavy atom. The fourth-order valence-electron chi connectivity index (χ4n) is 3.62. The molecule has 1 aliphatic rings. The molecule has 1 aliphatic heterocycles. The van der Waals surface area contributed by atoms with Crippen LogP contribution in [0.15, 0.2) is 29.3 Å². The van der Waals surface area contributed by atoms with Crippen LogP contribution in [0.25, 0.3) is 10.9 Å². The minimum atomic E-state index is -0.0872. The van der Waals surface area contributed by atoms with Crippen molar-refractivity contribution >= 4 is 16.8 Å². The molecule has 1 aromatic heterocycles. The van der Waals surface area contributed by atoms with Gasteiger partial charge in [-0.05, 0) is 63.4 Å². The summed E-state index contributed by atoms with van der Waals surface area (Å²) < 4.78 is 1.52. The molecule has 146 valence electrons. The van der Waals surface area contributed by atoms with Crippen LogP contribution in [0.1, 0.15) is 38.2 Å². The van der Waals surface area contributed by atoms with Crippen molar-refractivity contribution in [1.29, 1.82) is 0 Å². The van der Waals surface area contributed by atoms with Crippen molar-refractivity contribution in [3.8, 4) is 0 Å². The predicted molar refractivity (Wildman–Crippen MR) is 108 cm³/mol. The van der Waals surface area contributed by atoms with Crippen LogP contribution < -0.4 is 10.9 Å². The lowest BCUT2D eigenvalue weighted by atomic mass is 9.99. The molecule has 0 bridgehead atoms. The molecule has 0 radical (unpaired) electrons. The summed E-state index contributed by atoms with van der Waals surface area (Å²) >= 11 is 0. The van der Waals surface area contributed by atoms with Gasteiger partial charge in [-0.1, -0.05) is 19.1 Å². The van der Waals surface area contributed by atoms with E-state index in [1.807, 2.05) is 19.1 Å². The van der Waals surface area contributed by atoms with Gasteiger partial charge in [0.15, 0.2) is 0 Å². The SMILES string of the molecule is Cc1cccc2c(=O)n(CCC(=O)NCCCN3CCC(C)CC3)cnc12. The fourth-order valence-corrected chi connectivity index (χ4v) is 3.62. The smallest absolute Gasteiger partial charge is 0.261 e. The number of piperidine rings is 1. The Morgan fingerprint density at radius 1 is 1.26 bits per heavy atom. The monoisotopic (exact) mass is 370 g/mol. The van der Waals surface area contributed by atoms with Crippen molar-refractivity contribution in [2.45, 2.75) is 46.1 Å². The average molecular weight is 370 g/mol. The number of aryl methyl sites for hydroxylation is 2. The second-order valence-corrected chi connectivity index (χ2v) is 7.69. The molecule has 2 heterocycles. The summed E-state index contributed by atoms with van der Waals surface area (Å²) in [7, 11) is 0. The van der Waals surface area contributed by atoms with Crippen LogP contribution >= 0.6 is 0 Å². The van der Waals surface area contributed by atoms with E-state index in [0.717, 1.165) is 30.0 Å². The number of rotatable bonds is 7. The van der Waals surface area contributed by atoms with Crippen LogP contribution in [0.4, 0.5) is 0 Å². The van der Waals surface area contributed by atoms with Gasteiger partial charge in [0, 0.05) is 19.5 Å². The second kappa shape index (κ2) is 9.13. The largest absolute Gasteiger partial charge is 0.356 e. The van der Waals surface area contributed by atoms with Gasteiger partial charge in [0.25, 0.3) is 5.56 Å². The molecule has 1 fully saturated rings. The standard InChI is InChI=1S/C21H30N4O2/c1-16-7-12-24(13-8-16)11-4-10-22-19(26)9-14-25-15-23-20-17(2)5-3-6-18(20)21(25)27/h3,5-6,15-16H,4,7-14H2,1-2H3,(H,22,26). The molecule has 1 N–H and O–H groups in total. The quantitative estimate of drug-likeness (QED) is 0.760. The fraction of sp³-hybridized carbons (Fsp3) is 0.571. The number of hydrogen-bond donors (Lipinski definition) is 1. The number of benzene rings is 1. The number of amides is 1. The number of nitrogens with one attached hydrogen (secondary N) is 1. The summed E-state index contributed by atoms with van der Waals surface area (Å²) in [6.07, 6.45) is 5.36. The number of carbonyl (C=O) groups excluding carboxylic acids is 1. The topological polar surface area (TPSA) is 67.2 Å². The highest BCUT2D eigenvalue weighted by Gasteiger charge is 2.15. The van der Waals surface area contributed by atoms with Gasteiger partial charge in [0.05, 0.1) is 17.2 Å². The molecule has 6 heteroatoms. The minimum Gasteiger partial charge on any atom is -0.356 e. The molecule has 0 saturated carbocycles. The maximum atomic E-state index is 12.5. The molecule has 1 saturated heterocycles. The predicted octanol–water partition coefficient (Wildman–Crippen LogP) is 2.33. The van der Waals surface area contributed by atoms with E-state index >= 15 is 0 Å². The lowest BCUT2D eigenvalue weighted by molar-refractivity contribution is -0.121. The number of nitrogens with zero attached hydrogens (tertiary/aromatic N) is 3. The van der Waals surface area contributed by atoms with Crippen molar-refractivity contribution in [2.24, 2.45) is 5.92 Å². The normalized spacial score (nSPS) is 15.9. The molecule has 0 aliphatic carbocycles. The van der Waals surface area contributed by atoms with Crippen molar-refractivity contribution in [1.82, 2.24) is 19.8 Å². The first-order chi connectivity index (χ1) is 13.0. The van der Waals surface area contributed by atoms with E-state index < -0.39 is 0 Å². The number of para-hydroxylation sites is 1. The summed E-state index contributed by atoms with van der Waals surface area (Å²) in [4.78, 5) is 31.5. The zero-order valence-electron chi connectivity index (χ0n) is 16.4. The highest BCUT2D eigenvalue weighted by Crippen LogP contribution is 2.15. The van der Waals surface area contributed by atoms with Gasteiger partial charge < -0.3 is 10.2 Å². The highest BCUT2D eigenvalue weighted by molar-refractivity contribution is 5.80. The zero-order chi connectivity index (χ0) is 19.2. The second-order valence-electron chi connectivity index (χ2n) is 7.69. The van der Waals surface area contributed by atoms with E-state index in [1.165, 1.54) is 30.5 Å². The van der Waals surface area contributed by atoms with Crippen molar-refractivity contribution in [2.75, 3.05) is 26.2 Å². The van der Waals surface area contributed by atoms with Crippen molar-refractivity contribution in [3.05, 3.63) is 40.4 Å². The van der Waals surface area contributed by atoms with E-state index in [-0.39, 0.29) is 11.5 Å². The third kappa shape index (κ3) is 5.16. The zero-order valence-corrected chi connectivity index (χ0v) is 16.4. The molecule has 1 aromatic carbocycles. The first-order valence-electron chi connectivity index (χ1n) is 9.98. The summed E-state index contributed by atoms with van der Waals surface area (Å²) in [6, 6.07) is 5.59. The van der Waals surface area contributed by atoms with E-state index in [4.69, 9.17) is 0 Å². The van der Waals surface area contributed by atoms with Crippen LogP contribution in [0.5, 0.6) is 0 Å². The maximum Gasteiger partial charge on any atom is 0.261 e. The first kappa shape index (κ1) is 19.5. The Hall–Kier alpha value is -2.21. The summed E-state index contributed by atoms with van der Waals surface area (Å²) in [5, 5.41) is 3.57. The molecule has 0 unspecified atom stereocenters. The Balaban J connectivity index is 1.42. The molecule has 2 aromatic rings. The summed E-state index contributed by atoms with van der Waals surface area (Å²) in [5.41, 5.74) is 1.63. The molecule has 27 heavy (non-hydrogen) atoms. The van der Waals surface area contributed by atoms with Crippen molar-refractivity contribution < 1.29 is 4.79 Å². The lowest BCUT2D eigenvalue weighted by Crippen LogP contribution is -2.35. The minimum absolute atomic E-state index is 0.0153. The third-order valence-electron chi connectivity index (χ3n) is 5.48. The average Bonchev–Trinajstić information content (AvgIpc) is 2.67. The van der Waals surface area contributed by atoms with Crippen LogP contribution in [0.3, 0.4) is 0 Å². The van der Waals surface area contributed by atoms with Crippen LogP contribution in [-0.4, -0.2) is 46.5 Å². The van der Waals surface area contributed by atoms with E-state index in [1.54, 1.807) is 12.4 Å². The highest BCUT2D eigenvalue weighted by atomic mass is 16.1. The lowest BCUT2D eigenvalue weighted by Gasteiger charge is -2.30. The summed E-state index contributed by atoms with van der Waals surface area (Å²) in [5.74, 6) is 0.830. The van der Waals surface area contributed by atoms with Gasteiger partial charge in [-0.3, -0.25) is 14.2 Å². The molecule has 6 nitrogen and oxygen atoms in total. The number of likely N-dealkylation sites (tertiary alicyclic amines) is 1. The molecule has 3 rings (SSSR count). The van der Waals surface area contributed by atoms with E-state index in [2.05, 4.69) is 22.1 Å². The maximum absolute atomic E-state index is 12.5. The van der Waals surface area contributed by atoms with Crippen molar-refractivity contribution in [3.63, 3.8) is 0 Å². The van der Waals surface area contributed by atoms with Crippen LogP contribution in [0, 0.1) is 12.8 Å². The number of fused-ring (bicyclic) bond motifs is 1. The Kier molecular flexibility index (Phi) is 6.61. The Morgan fingerprint density at radius 3 is 2.81 bits per heavy atom. The van der Waals surface area contributed by atoms with Gasteiger partial charge in [-0.2, -0.15) is 0 Å². The number of hydrogen-bond acceptors (Lipinski definition) is 4. The van der Waals surface area contributed by atoms with Gasteiger partial charge in [-0.25, -0.2) is 4.98 Å². The van der Waals surface area contributed by atoms with E-state index in [0.29, 0.717) is 24.9 Å². The first-order valence-corrected chi connectivity index (χ1v) is 9.98. The number of aromatic nitrogens is 2. The van der Waals surface area contributed by atoms with E-state index in [9.17, 15) is 9.59 Å². The Bertz CT molecular complexity index is 838. The van der Waals surface area contributed by atoms with Gasteiger partial charge >= 0.3 is 0 Å². The molecule has 0 atom stereocenters. The number of carbonyl (C=O) groups is 1. The third-order valence-corrected chi connectivity index (χ3v) is 5.48. The Labute approximate surface area is 160 Å². The van der Waals surface area contributed by atoms with Crippen LogP contribution in [0.2, 0.25) is 0 Å².